The van der Waals surface area contributed by atoms with Crippen LogP contribution >= 0.6 is 11.3 Å². The van der Waals surface area contributed by atoms with Crippen molar-refractivity contribution in [3.63, 3.8) is 0 Å². The molecule has 2 N–H and O–H groups in total. The molecule has 0 aromatic carbocycles. The predicted octanol–water partition coefficient (Wildman–Crippen LogP) is 1.99. The molecule has 130 valence electrons. The van der Waals surface area contributed by atoms with E-state index in [2.05, 4.69) is 20.6 Å². The molecular formula is C17H19N5O2S. The van der Waals surface area contributed by atoms with Gasteiger partial charge in [-0.3, -0.25) is 14.6 Å². The van der Waals surface area contributed by atoms with Crippen LogP contribution in [-0.2, 0) is 4.79 Å². The minimum atomic E-state index is -0.168. The number of aromatic nitrogens is 2. The summed E-state index contributed by atoms with van der Waals surface area (Å²) in [6.07, 6.45) is 5.95. The molecule has 2 heterocycles. The van der Waals surface area contributed by atoms with Gasteiger partial charge in [0.2, 0.25) is 5.91 Å². The van der Waals surface area contributed by atoms with Gasteiger partial charge in [-0.05, 0) is 24.5 Å². The second kappa shape index (κ2) is 9.49. The lowest BCUT2D eigenvalue weighted by Crippen LogP contribution is -2.28. The Bertz CT molecular complexity index is 754. The molecule has 2 amide bonds. The molecule has 2 aromatic heterocycles. The van der Waals surface area contributed by atoms with Crippen LogP contribution in [0.25, 0.3) is 10.6 Å². The zero-order chi connectivity index (χ0) is 18.1. The van der Waals surface area contributed by atoms with Gasteiger partial charge in [0.15, 0.2) is 0 Å². The van der Waals surface area contributed by atoms with Crippen LogP contribution in [0.4, 0.5) is 0 Å². The van der Waals surface area contributed by atoms with Crippen molar-refractivity contribution in [3.8, 4) is 16.6 Å². The van der Waals surface area contributed by atoms with Gasteiger partial charge < -0.3 is 10.6 Å². The molecule has 25 heavy (non-hydrogen) atoms. The van der Waals surface area contributed by atoms with E-state index >= 15 is 0 Å². The van der Waals surface area contributed by atoms with Crippen LogP contribution in [0.15, 0.2) is 30.7 Å². The summed E-state index contributed by atoms with van der Waals surface area (Å²) in [6, 6.07) is 5.56. The first-order valence-electron chi connectivity index (χ1n) is 7.88. The van der Waals surface area contributed by atoms with E-state index in [1.807, 2.05) is 25.1 Å². The van der Waals surface area contributed by atoms with E-state index in [9.17, 15) is 9.59 Å². The van der Waals surface area contributed by atoms with Crippen LogP contribution in [-0.4, -0.2) is 34.9 Å². The molecule has 0 aliphatic rings. The molecule has 0 radical (unpaired) electrons. The summed E-state index contributed by atoms with van der Waals surface area (Å²) in [5.41, 5.74) is 0.927. The Labute approximate surface area is 150 Å². The lowest BCUT2D eigenvalue weighted by Gasteiger charge is -2.11. The highest BCUT2D eigenvalue weighted by atomic mass is 32.1. The van der Waals surface area contributed by atoms with Gasteiger partial charge in [0.05, 0.1) is 12.3 Å². The van der Waals surface area contributed by atoms with Crippen molar-refractivity contribution >= 4 is 23.2 Å². The molecule has 0 bridgehead atoms. The molecule has 2 rings (SSSR count). The average Bonchev–Trinajstić information content (AvgIpc) is 3.11. The number of hydrogen-bond donors (Lipinski definition) is 2. The summed E-state index contributed by atoms with van der Waals surface area (Å²) in [7, 11) is 0. The summed E-state index contributed by atoms with van der Waals surface area (Å²) in [5, 5.41) is 14.5. The highest BCUT2D eigenvalue weighted by molar-refractivity contribution is 7.16. The number of rotatable bonds is 8. The molecule has 8 heteroatoms. The van der Waals surface area contributed by atoms with Gasteiger partial charge in [-0.15, -0.1) is 11.3 Å². The molecule has 1 unspecified atom stereocenters. The third-order valence-corrected chi connectivity index (χ3v) is 4.52. The fraction of sp³-hybridized carbons (Fsp3) is 0.353. The van der Waals surface area contributed by atoms with Crippen LogP contribution in [0.3, 0.4) is 0 Å². The third kappa shape index (κ3) is 5.97. The minimum Gasteiger partial charge on any atom is -0.351 e. The van der Waals surface area contributed by atoms with Crippen LogP contribution in [0.1, 0.15) is 29.4 Å². The largest absolute Gasteiger partial charge is 0.351 e. The quantitative estimate of drug-likeness (QED) is 0.703. The van der Waals surface area contributed by atoms with E-state index in [0.29, 0.717) is 24.3 Å². The van der Waals surface area contributed by atoms with E-state index in [4.69, 9.17) is 5.26 Å². The smallest absolute Gasteiger partial charge is 0.263 e. The van der Waals surface area contributed by atoms with E-state index < -0.39 is 0 Å². The Morgan fingerprint density at radius 2 is 2.08 bits per heavy atom. The second-order valence-electron chi connectivity index (χ2n) is 5.55. The fourth-order valence-electron chi connectivity index (χ4n) is 2.16. The topological polar surface area (TPSA) is 108 Å². The number of nitriles is 1. The summed E-state index contributed by atoms with van der Waals surface area (Å²) >= 11 is 1.33. The SMILES string of the molecule is CC(CCNC(=O)c1cnc(-c2ccncc2)s1)CC(=O)NCC#N. The van der Waals surface area contributed by atoms with E-state index in [1.165, 1.54) is 11.3 Å². The Balaban J connectivity index is 1.76. The van der Waals surface area contributed by atoms with Crippen molar-refractivity contribution in [2.45, 2.75) is 19.8 Å². The molecule has 0 spiro atoms. The maximum Gasteiger partial charge on any atom is 0.263 e. The molecule has 1 atom stereocenters. The van der Waals surface area contributed by atoms with Gasteiger partial charge in [-0.1, -0.05) is 6.92 Å². The van der Waals surface area contributed by atoms with Gasteiger partial charge in [0.1, 0.15) is 16.4 Å². The van der Waals surface area contributed by atoms with Crippen molar-refractivity contribution < 1.29 is 9.59 Å². The monoisotopic (exact) mass is 357 g/mol. The van der Waals surface area contributed by atoms with Gasteiger partial charge in [-0.25, -0.2) is 4.98 Å². The van der Waals surface area contributed by atoms with Gasteiger partial charge >= 0.3 is 0 Å². The highest BCUT2D eigenvalue weighted by Crippen LogP contribution is 2.24. The molecule has 7 nitrogen and oxygen atoms in total. The van der Waals surface area contributed by atoms with E-state index in [-0.39, 0.29) is 24.3 Å². The summed E-state index contributed by atoms with van der Waals surface area (Å²) in [6.45, 7) is 2.44. The first-order valence-corrected chi connectivity index (χ1v) is 8.70. The standard InChI is InChI=1S/C17H19N5O2S/c1-12(10-15(23)20-9-5-18)2-8-21-16(24)14-11-22-17(25-14)13-3-6-19-7-4-13/h3-4,6-7,11-12H,2,8-10H2,1H3,(H,20,23)(H,21,24). The van der Waals surface area contributed by atoms with Crippen molar-refractivity contribution in [3.05, 3.63) is 35.6 Å². The lowest BCUT2D eigenvalue weighted by atomic mass is 10.0. The maximum absolute atomic E-state index is 12.2. The van der Waals surface area contributed by atoms with Crippen molar-refractivity contribution in [2.75, 3.05) is 13.1 Å². The van der Waals surface area contributed by atoms with Crippen LogP contribution in [0.2, 0.25) is 0 Å². The van der Waals surface area contributed by atoms with Crippen molar-refractivity contribution in [1.82, 2.24) is 20.6 Å². The zero-order valence-corrected chi connectivity index (χ0v) is 14.7. The number of nitrogens with one attached hydrogen (secondary N) is 2. The number of nitrogens with zero attached hydrogens (tertiary/aromatic N) is 3. The first-order chi connectivity index (χ1) is 12.1. The summed E-state index contributed by atoms with van der Waals surface area (Å²) < 4.78 is 0. The summed E-state index contributed by atoms with van der Waals surface area (Å²) in [4.78, 5) is 32.5. The molecular weight excluding hydrogens is 338 g/mol. The van der Waals surface area contributed by atoms with Gasteiger partial charge in [0.25, 0.3) is 5.91 Å². The highest BCUT2D eigenvalue weighted by Gasteiger charge is 2.13. The first kappa shape index (κ1) is 18.5. The van der Waals surface area contributed by atoms with Gasteiger partial charge in [-0.2, -0.15) is 5.26 Å². The molecule has 2 aromatic rings. The molecule has 0 fully saturated rings. The van der Waals surface area contributed by atoms with Crippen molar-refractivity contribution in [1.29, 1.82) is 5.26 Å². The van der Waals surface area contributed by atoms with Gasteiger partial charge in [0, 0.05) is 30.9 Å². The molecule has 0 aliphatic carbocycles. The zero-order valence-electron chi connectivity index (χ0n) is 13.9. The Morgan fingerprint density at radius 3 is 2.80 bits per heavy atom. The van der Waals surface area contributed by atoms with Crippen LogP contribution in [0.5, 0.6) is 0 Å². The number of carbonyl (C=O) groups is 2. The number of pyridine rings is 1. The van der Waals surface area contributed by atoms with E-state index in [1.54, 1.807) is 18.6 Å². The number of amides is 2. The molecule has 0 saturated heterocycles. The summed E-state index contributed by atoms with van der Waals surface area (Å²) in [5.74, 6) is -0.198. The van der Waals surface area contributed by atoms with Crippen LogP contribution < -0.4 is 10.6 Å². The average molecular weight is 357 g/mol. The molecule has 0 aliphatic heterocycles. The molecule has 0 saturated carbocycles. The number of hydrogen-bond acceptors (Lipinski definition) is 6. The fourth-order valence-corrected chi connectivity index (χ4v) is 2.99. The van der Waals surface area contributed by atoms with Crippen LogP contribution in [0, 0.1) is 17.2 Å². The second-order valence-corrected chi connectivity index (χ2v) is 6.58. The third-order valence-electron chi connectivity index (χ3n) is 3.48. The van der Waals surface area contributed by atoms with Crippen molar-refractivity contribution in [2.24, 2.45) is 5.92 Å². The predicted molar refractivity (Wildman–Crippen MR) is 94.7 cm³/mol. The maximum atomic E-state index is 12.2. The Kier molecular flexibility index (Phi) is 7.04. The Hall–Kier alpha value is -2.79. The minimum absolute atomic E-state index is 0.0213. The van der Waals surface area contributed by atoms with E-state index in [0.717, 1.165) is 10.6 Å². The Morgan fingerprint density at radius 1 is 1.32 bits per heavy atom. The normalized spacial score (nSPS) is 11.4. The lowest BCUT2D eigenvalue weighted by molar-refractivity contribution is -0.121. The number of thiazole rings is 1. The number of carbonyl (C=O) groups excluding carboxylic acids is 2.